The van der Waals surface area contributed by atoms with Crippen LogP contribution < -0.4 is 5.32 Å². The minimum Gasteiger partial charge on any atom is -0.469 e. The van der Waals surface area contributed by atoms with Crippen LogP contribution in [0.1, 0.15) is 24.7 Å². The number of hydrogen-bond acceptors (Lipinski definition) is 2. The highest BCUT2D eigenvalue weighted by atomic mass is 35.5. The standard InChI is InChI=1S/C15H18ClNO/c1-11-5-3-7-14(15(11)16)17-12(2)8-9-13-6-4-10-18-13/h3-7,10,12,17H,8-9H2,1-2H3. The van der Waals surface area contributed by atoms with E-state index < -0.39 is 0 Å². The molecule has 1 atom stereocenters. The SMILES string of the molecule is Cc1cccc(NC(C)CCc2ccco2)c1Cl. The van der Waals surface area contributed by atoms with Gasteiger partial charge >= 0.3 is 0 Å². The molecule has 0 amide bonds. The van der Waals surface area contributed by atoms with Gasteiger partial charge in [-0.05, 0) is 44.0 Å². The van der Waals surface area contributed by atoms with Gasteiger partial charge in [0.25, 0.3) is 0 Å². The molecule has 1 unspecified atom stereocenters. The lowest BCUT2D eigenvalue weighted by atomic mass is 10.1. The van der Waals surface area contributed by atoms with E-state index in [0.717, 1.165) is 34.9 Å². The number of hydrogen-bond donors (Lipinski definition) is 1. The molecule has 0 radical (unpaired) electrons. The van der Waals surface area contributed by atoms with Crippen molar-refractivity contribution in [2.75, 3.05) is 5.32 Å². The molecular formula is C15H18ClNO. The molecule has 1 aromatic heterocycles. The maximum absolute atomic E-state index is 6.26. The summed E-state index contributed by atoms with van der Waals surface area (Å²) in [7, 11) is 0. The number of anilines is 1. The summed E-state index contributed by atoms with van der Waals surface area (Å²) in [4.78, 5) is 0. The molecule has 0 saturated heterocycles. The van der Waals surface area contributed by atoms with Gasteiger partial charge in [0.1, 0.15) is 5.76 Å². The lowest BCUT2D eigenvalue weighted by molar-refractivity contribution is 0.495. The Labute approximate surface area is 113 Å². The molecule has 0 saturated carbocycles. The Hall–Kier alpha value is -1.41. The normalized spacial score (nSPS) is 12.4. The van der Waals surface area contributed by atoms with E-state index in [1.54, 1.807) is 6.26 Å². The van der Waals surface area contributed by atoms with E-state index in [2.05, 4.69) is 12.2 Å². The van der Waals surface area contributed by atoms with Crippen molar-refractivity contribution in [1.29, 1.82) is 0 Å². The number of benzene rings is 1. The first kappa shape index (κ1) is 13.0. The topological polar surface area (TPSA) is 25.2 Å². The second kappa shape index (κ2) is 5.96. The molecule has 1 N–H and O–H groups in total. The monoisotopic (exact) mass is 263 g/mol. The quantitative estimate of drug-likeness (QED) is 0.848. The molecule has 0 bridgehead atoms. The molecule has 2 aromatic rings. The molecule has 18 heavy (non-hydrogen) atoms. The van der Waals surface area contributed by atoms with Gasteiger partial charge in [0.05, 0.1) is 17.0 Å². The molecular weight excluding hydrogens is 246 g/mol. The van der Waals surface area contributed by atoms with Crippen LogP contribution in [-0.2, 0) is 6.42 Å². The zero-order chi connectivity index (χ0) is 13.0. The van der Waals surface area contributed by atoms with Gasteiger partial charge in [0.15, 0.2) is 0 Å². The van der Waals surface area contributed by atoms with Gasteiger partial charge in [-0.1, -0.05) is 23.7 Å². The third kappa shape index (κ3) is 3.30. The largest absolute Gasteiger partial charge is 0.469 e. The first-order valence-corrected chi connectivity index (χ1v) is 6.58. The molecule has 1 heterocycles. The fraction of sp³-hybridized carbons (Fsp3) is 0.333. The summed E-state index contributed by atoms with van der Waals surface area (Å²) in [6, 6.07) is 10.3. The van der Waals surface area contributed by atoms with E-state index in [0.29, 0.717) is 6.04 Å². The second-order valence-corrected chi connectivity index (χ2v) is 4.98. The highest BCUT2D eigenvalue weighted by molar-refractivity contribution is 6.34. The van der Waals surface area contributed by atoms with Crippen LogP contribution in [-0.4, -0.2) is 6.04 Å². The number of nitrogens with one attached hydrogen (secondary N) is 1. The third-order valence-corrected chi connectivity index (χ3v) is 3.50. The summed E-state index contributed by atoms with van der Waals surface area (Å²) < 4.78 is 5.32. The Morgan fingerprint density at radius 3 is 2.83 bits per heavy atom. The van der Waals surface area contributed by atoms with Crippen LogP contribution in [0.4, 0.5) is 5.69 Å². The van der Waals surface area contributed by atoms with Crippen LogP contribution in [0.5, 0.6) is 0 Å². The summed E-state index contributed by atoms with van der Waals surface area (Å²) in [5.41, 5.74) is 2.10. The molecule has 0 aliphatic carbocycles. The highest BCUT2D eigenvalue weighted by Gasteiger charge is 2.07. The molecule has 0 fully saturated rings. The summed E-state index contributed by atoms with van der Waals surface area (Å²) in [6.45, 7) is 4.17. The lowest BCUT2D eigenvalue weighted by Crippen LogP contribution is -2.16. The molecule has 0 aliphatic heterocycles. The van der Waals surface area contributed by atoms with Crippen LogP contribution >= 0.6 is 11.6 Å². The minimum absolute atomic E-state index is 0.356. The van der Waals surface area contributed by atoms with Crippen molar-refractivity contribution in [2.45, 2.75) is 32.7 Å². The fourth-order valence-electron chi connectivity index (χ4n) is 1.91. The van der Waals surface area contributed by atoms with Crippen molar-refractivity contribution in [1.82, 2.24) is 0 Å². The number of halogens is 1. The molecule has 2 nitrogen and oxygen atoms in total. The predicted octanol–water partition coefficient (Wildman–Crippen LogP) is 4.67. The van der Waals surface area contributed by atoms with Gasteiger partial charge in [-0.15, -0.1) is 0 Å². The van der Waals surface area contributed by atoms with Gasteiger partial charge in [-0.3, -0.25) is 0 Å². The molecule has 2 rings (SSSR count). The Morgan fingerprint density at radius 1 is 1.28 bits per heavy atom. The second-order valence-electron chi connectivity index (χ2n) is 4.60. The fourth-order valence-corrected chi connectivity index (χ4v) is 2.09. The van der Waals surface area contributed by atoms with Crippen molar-refractivity contribution in [3.8, 4) is 0 Å². The van der Waals surface area contributed by atoms with Crippen LogP contribution in [0.15, 0.2) is 41.0 Å². The van der Waals surface area contributed by atoms with Crippen LogP contribution in [0.25, 0.3) is 0 Å². The summed E-state index contributed by atoms with van der Waals surface area (Å²) in [5.74, 6) is 1.03. The Kier molecular flexibility index (Phi) is 4.32. The van der Waals surface area contributed by atoms with Gasteiger partial charge in [0.2, 0.25) is 0 Å². The Bertz CT molecular complexity index is 493. The van der Waals surface area contributed by atoms with E-state index in [1.165, 1.54) is 0 Å². The Morgan fingerprint density at radius 2 is 2.11 bits per heavy atom. The summed E-state index contributed by atoms with van der Waals surface area (Å²) in [5, 5.41) is 4.25. The van der Waals surface area contributed by atoms with Crippen molar-refractivity contribution >= 4 is 17.3 Å². The van der Waals surface area contributed by atoms with Gasteiger partial charge in [0, 0.05) is 12.5 Å². The average Bonchev–Trinajstić information content (AvgIpc) is 2.86. The van der Waals surface area contributed by atoms with Crippen molar-refractivity contribution in [3.63, 3.8) is 0 Å². The minimum atomic E-state index is 0.356. The maximum atomic E-state index is 6.26. The highest BCUT2D eigenvalue weighted by Crippen LogP contribution is 2.26. The van der Waals surface area contributed by atoms with E-state index >= 15 is 0 Å². The summed E-state index contributed by atoms with van der Waals surface area (Å²) >= 11 is 6.26. The van der Waals surface area contributed by atoms with Crippen molar-refractivity contribution < 1.29 is 4.42 Å². The number of furan rings is 1. The predicted molar refractivity (Wildman–Crippen MR) is 76.3 cm³/mol. The molecule has 1 aromatic carbocycles. The van der Waals surface area contributed by atoms with E-state index in [4.69, 9.17) is 16.0 Å². The maximum Gasteiger partial charge on any atom is 0.103 e. The van der Waals surface area contributed by atoms with Crippen molar-refractivity contribution in [2.24, 2.45) is 0 Å². The van der Waals surface area contributed by atoms with Crippen LogP contribution in [0.3, 0.4) is 0 Å². The van der Waals surface area contributed by atoms with Crippen LogP contribution in [0.2, 0.25) is 5.02 Å². The lowest BCUT2D eigenvalue weighted by Gasteiger charge is -2.16. The first-order chi connectivity index (χ1) is 8.66. The zero-order valence-corrected chi connectivity index (χ0v) is 11.5. The first-order valence-electron chi connectivity index (χ1n) is 6.21. The van der Waals surface area contributed by atoms with E-state index in [-0.39, 0.29) is 0 Å². The molecule has 0 aliphatic rings. The molecule has 3 heteroatoms. The molecule has 0 spiro atoms. The van der Waals surface area contributed by atoms with E-state index in [9.17, 15) is 0 Å². The van der Waals surface area contributed by atoms with Crippen LogP contribution in [0, 0.1) is 6.92 Å². The molecule has 96 valence electrons. The smallest absolute Gasteiger partial charge is 0.103 e. The van der Waals surface area contributed by atoms with Crippen molar-refractivity contribution in [3.05, 3.63) is 52.9 Å². The number of rotatable bonds is 5. The average molecular weight is 264 g/mol. The number of aryl methyl sites for hydroxylation is 2. The van der Waals surface area contributed by atoms with Gasteiger partial charge in [-0.2, -0.15) is 0 Å². The Balaban J connectivity index is 1.90. The van der Waals surface area contributed by atoms with Gasteiger partial charge < -0.3 is 9.73 Å². The van der Waals surface area contributed by atoms with Gasteiger partial charge in [-0.25, -0.2) is 0 Å². The summed E-state index contributed by atoms with van der Waals surface area (Å²) in [6.07, 6.45) is 3.66. The zero-order valence-electron chi connectivity index (χ0n) is 10.7. The third-order valence-electron chi connectivity index (χ3n) is 3.00. The van der Waals surface area contributed by atoms with E-state index in [1.807, 2.05) is 37.3 Å².